The summed E-state index contributed by atoms with van der Waals surface area (Å²) in [6.45, 7) is 8.99. The zero-order chi connectivity index (χ0) is 18.8. The maximum Gasteiger partial charge on any atom is 0.0618 e. The average molecular weight is 361 g/mol. The van der Waals surface area contributed by atoms with Crippen LogP contribution in [-0.2, 0) is 4.74 Å². The van der Waals surface area contributed by atoms with Gasteiger partial charge in [-0.05, 0) is 97.4 Å². The molecule has 0 heterocycles. The molecule has 7 heteroatoms. The van der Waals surface area contributed by atoms with Gasteiger partial charge in [-0.15, -0.1) is 0 Å². The fourth-order valence-electron chi connectivity index (χ4n) is 3.15. The maximum absolute atomic E-state index is 5.70. The van der Waals surface area contributed by atoms with Crippen molar-refractivity contribution in [3.63, 3.8) is 0 Å². The number of rotatable bonds is 19. The Bertz CT molecular complexity index is 254. The Morgan fingerprint density at radius 1 is 0.680 bits per heavy atom. The molecule has 0 aliphatic rings. The Kier molecular flexibility index (Phi) is 18.3. The van der Waals surface area contributed by atoms with E-state index in [-0.39, 0.29) is 0 Å². The molecule has 0 radical (unpaired) electrons. The summed E-state index contributed by atoms with van der Waals surface area (Å²) in [5.41, 5.74) is 22.7. The Morgan fingerprint density at radius 3 is 1.56 bits per heavy atom. The van der Waals surface area contributed by atoms with Gasteiger partial charge in [0, 0.05) is 13.2 Å². The third kappa shape index (κ3) is 13.6. The number of nitrogens with zero attached hydrogens (tertiary/aromatic N) is 2. The number of hydrogen-bond acceptors (Lipinski definition) is 7. The minimum atomic E-state index is 0.439. The van der Waals surface area contributed by atoms with E-state index in [1.807, 2.05) is 0 Å². The highest BCUT2D eigenvalue weighted by atomic mass is 16.5. The van der Waals surface area contributed by atoms with Crippen molar-refractivity contribution in [2.45, 2.75) is 44.6 Å². The molecule has 0 aliphatic carbocycles. The predicted octanol–water partition coefficient (Wildman–Crippen LogP) is -0.219. The summed E-state index contributed by atoms with van der Waals surface area (Å²) in [5, 5.41) is 0. The van der Waals surface area contributed by atoms with E-state index < -0.39 is 0 Å². The van der Waals surface area contributed by atoms with E-state index >= 15 is 0 Å². The molecule has 0 saturated carbocycles. The SMILES string of the molecule is COCC(CCCN(CCCN)CCCN)N(CCCN)CCCN. The zero-order valence-corrected chi connectivity index (χ0v) is 16.5. The summed E-state index contributed by atoms with van der Waals surface area (Å²) >= 11 is 0. The lowest BCUT2D eigenvalue weighted by molar-refractivity contribution is 0.0802. The van der Waals surface area contributed by atoms with Crippen LogP contribution in [0.3, 0.4) is 0 Å². The quantitative estimate of drug-likeness (QED) is 0.251. The van der Waals surface area contributed by atoms with Crippen molar-refractivity contribution in [2.75, 3.05) is 72.6 Å². The van der Waals surface area contributed by atoms with Crippen LogP contribution in [0.1, 0.15) is 38.5 Å². The largest absolute Gasteiger partial charge is 0.383 e. The van der Waals surface area contributed by atoms with E-state index in [2.05, 4.69) is 9.80 Å². The topological polar surface area (TPSA) is 120 Å². The molecule has 0 amide bonds. The highest BCUT2D eigenvalue weighted by Gasteiger charge is 2.18. The van der Waals surface area contributed by atoms with Gasteiger partial charge in [-0.25, -0.2) is 0 Å². The Morgan fingerprint density at radius 2 is 1.12 bits per heavy atom. The molecular formula is C18H44N6O. The fraction of sp³-hybridized carbons (Fsp3) is 1.00. The zero-order valence-electron chi connectivity index (χ0n) is 16.5. The van der Waals surface area contributed by atoms with E-state index in [1.165, 1.54) is 0 Å². The van der Waals surface area contributed by atoms with Crippen LogP contribution < -0.4 is 22.9 Å². The van der Waals surface area contributed by atoms with Gasteiger partial charge in [-0.3, -0.25) is 4.90 Å². The van der Waals surface area contributed by atoms with Crippen molar-refractivity contribution in [2.24, 2.45) is 22.9 Å². The lowest BCUT2D eigenvalue weighted by Crippen LogP contribution is -2.41. The smallest absolute Gasteiger partial charge is 0.0618 e. The standard InChI is InChI=1S/C18H44N6O/c1-25-17-18(24(15-5-10-21)16-6-11-22)7-2-12-23(13-3-8-19)14-4-9-20/h18H,2-17,19-22H2,1H3. The van der Waals surface area contributed by atoms with Gasteiger partial charge in [0.1, 0.15) is 0 Å². The molecule has 8 N–H and O–H groups in total. The van der Waals surface area contributed by atoms with Gasteiger partial charge in [0.15, 0.2) is 0 Å². The van der Waals surface area contributed by atoms with Crippen molar-refractivity contribution >= 4 is 0 Å². The molecule has 25 heavy (non-hydrogen) atoms. The molecule has 1 atom stereocenters. The highest BCUT2D eigenvalue weighted by Crippen LogP contribution is 2.11. The molecule has 152 valence electrons. The van der Waals surface area contributed by atoms with Gasteiger partial charge in [-0.1, -0.05) is 0 Å². The van der Waals surface area contributed by atoms with Crippen LogP contribution in [0.25, 0.3) is 0 Å². The van der Waals surface area contributed by atoms with Crippen LogP contribution in [-0.4, -0.2) is 88.5 Å². The molecule has 0 fully saturated rings. The average Bonchev–Trinajstić information content (AvgIpc) is 2.63. The molecule has 0 aromatic heterocycles. The molecule has 0 saturated heterocycles. The van der Waals surface area contributed by atoms with E-state index in [0.717, 1.165) is 104 Å². The maximum atomic E-state index is 5.70. The Hall–Kier alpha value is -0.280. The van der Waals surface area contributed by atoms with Crippen LogP contribution in [0.2, 0.25) is 0 Å². The molecule has 0 bridgehead atoms. The molecule has 0 aromatic carbocycles. The minimum absolute atomic E-state index is 0.439. The normalized spacial score (nSPS) is 13.1. The van der Waals surface area contributed by atoms with E-state index in [4.69, 9.17) is 27.7 Å². The molecule has 0 aromatic rings. The summed E-state index contributed by atoms with van der Waals surface area (Å²) in [5.74, 6) is 0. The second-order valence-electron chi connectivity index (χ2n) is 6.70. The number of ether oxygens (including phenoxy) is 1. The van der Waals surface area contributed by atoms with Crippen molar-refractivity contribution in [3.8, 4) is 0 Å². The monoisotopic (exact) mass is 360 g/mol. The highest BCUT2D eigenvalue weighted by molar-refractivity contribution is 4.73. The van der Waals surface area contributed by atoms with E-state index in [0.29, 0.717) is 6.04 Å². The molecule has 0 aliphatic heterocycles. The first-order chi connectivity index (χ1) is 12.2. The van der Waals surface area contributed by atoms with Crippen molar-refractivity contribution in [1.82, 2.24) is 9.80 Å². The first-order valence-electron chi connectivity index (χ1n) is 9.99. The molecule has 0 spiro atoms. The molecule has 1 unspecified atom stereocenters. The van der Waals surface area contributed by atoms with Gasteiger partial charge >= 0.3 is 0 Å². The summed E-state index contributed by atoms with van der Waals surface area (Å²) in [4.78, 5) is 5.00. The first kappa shape index (κ1) is 24.7. The predicted molar refractivity (Wildman–Crippen MR) is 108 cm³/mol. The number of hydrogen-bond donors (Lipinski definition) is 4. The third-order valence-corrected chi connectivity index (χ3v) is 4.54. The van der Waals surface area contributed by atoms with Crippen LogP contribution in [0.5, 0.6) is 0 Å². The second-order valence-corrected chi connectivity index (χ2v) is 6.70. The molecule has 7 nitrogen and oxygen atoms in total. The summed E-state index contributed by atoms with van der Waals surface area (Å²) in [6, 6.07) is 0.439. The van der Waals surface area contributed by atoms with Crippen LogP contribution in [0.15, 0.2) is 0 Å². The third-order valence-electron chi connectivity index (χ3n) is 4.54. The van der Waals surface area contributed by atoms with E-state index in [1.54, 1.807) is 7.11 Å². The summed E-state index contributed by atoms with van der Waals surface area (Å²) < 4.78 is 5.48. The van der Waals surface area contributed by atoms with Crippen molar-refractivity contribution in [3.05, 3.63) is 0 Å². The minimum Gasteiger partial charge on any atom is -0.383 e. The van der Waals surface area contributed by atoms with Gasteiger partial charge < -0.3 is 32.6 Å². The lowest BCUT2D eigenvalue weighted by atomic mass is 10.1. The Labute approximate surface area is 155 Å². The van der Waals surface area contributed by atoms with Crippen LogP contribution >= 0.6 is 0 Å². The van der Waals surface area contributed by atoms with Crippen molar-refractivity contribution < 1.29 is 4.74 Å². The number of methoxy groups -OCH3 is 1. The van der Waals surface area contributed by atoms with Gasteiger partial charge in [0.2, 0.25) is 0 Å². The van der Waals surface area contributed by atoms with E-state index in [9.17, 15) is 0 Å². The lowest BCUT2D eigenvalue weighted by Gasteiger charge is -2.32. The fourth-order valence-corrected chi connectivity index (χ4v) is 3.15. The van der Waals surface area contributed by atoms with Gasteiger partial charge in [0.05, 0.1) is 6.61 Å². The summed E-state index contributed by atoms with van der Waals surface area (Å²) in [7, 11) is 1.78. The van der Waals surface area contributed by atoms with Crippen molar-refractivity contribution in [1.29, 1.82) is 0 Å². The second kappa shape index (κ2) is 18.5. The molecular weight excluding hydrogens is 316 g/mol. The Balaban J connectivity index is 4.46. The van der Waals surface area contributed by atoms with Gasteiger partial charge in [-0.2, -0.15) is 0 Å². The first-order valence-corrected chi connectivity index (χ1v) is 9.99. The number of nitrogens with two attached hydrogens (primary N) is 4. The van der Waals surface area contributed by atoms with Gasteiger partial charge in [0.25, 0.3) is 0 Å². The molecule has 0 rings (SSSR count). The summed E-state index contributed by atoms with van der Waals surface area (Å²) in [6.07, 6.45) is 6.42. The van der Waals surface area contributed by atoms with Crippen LogP contribution in [0.4, 0.5) is 0 Å². The van der Waals surface area contributed by atoms with Crippen LogP contribution in [0, 0.1) is 0 Å².